The third-order valence-corrected chi connectivity index (χ3v) is 4.99. The Labute approximate surface area is 119 Å². The molecule has 0 bridgehead atoms. The van der Waals surface area contributed by atoms with Crippen molar-refractivity contribution < 1.29 is 8.42 Å². The summed E-state index contributed by atoms with van der Waals surface area (Å²) < 4.78 is 27.2. The van der Waals surface area contributed by atoms with Crippen LogP contribution in [0, 0.1) is 0 Å². The van der Waals surface area contributed by atoms with Crippen molar-refractivity contribution in [3.05, 3.63) is 18.3 Å². The van der Waals surface area contributed by atoms with E-state index in [4.69, 9.17) is 5.84 Å². The number of nitrogens with one attached hydrogen (secondary N) is 2. The summed E-state index contributed by atoms with van der Waals surface area (Å²) in [7, 11) is -1.64. The van der Waals surface area contributed by atoms with E-state index in [0.29, 0.717) is 6.54 Å². The van der Waals surface area contributed by atoms with Crippen molar-refractivity contribution in [1.82, 2.24) is 14.6 Å². The number of likely N-dealkylation sites (tertiary alicyclic amines) is 1. The molecule has 2 rings (SSSR count). The number of rotatable bonds is 5. The molecule has 1 unspecified atom stereocenters. The largest absolute Gasteiger partial charge is 0.321 e. The van der Waals surface area contributed by atoms with Gasteiger partial charge in [0.15, 0.2) is 5.03 Å². The summed E-state index contributed by atoms with van der Waals surface area (Å²) in [4.78, 5) is 6.08. The van der Waals surface area contributed by atoms with Crippen molar-refractivity contribution in [2.75, 3.05) is 25.6 Å². The predicted molar refractivity (Wildman–Crippen MR) is 77.5 cm³/mol. The quantitative estimate of drug-likeness (QED) is 0.528. The minimum absolute atomic E-state index is 0.0686. The number of nitrogens with zero attached hydrogens (tertiary/aromatic N) is 2. The number of sulfonamides is 1. The van der Waals surface area contributed by atoms with Crippen LogP contribution in [0.3, 0.4) is 0 Å². The molecule has 1 fully saturated rings. The van der Waals surface area contributed by atoms with Gasteiger partial charge in [-0.3, -0.25) is 5.84 Å². The smallest absolute Gasteiger partial charge is 0.260 e. The van der Waals surface area contributed by atoms with Gasteiger partial charge >= 0.3 is 0 Å². The molecule has 0 amide bonds. The number of hydrogen-bond acceptors (Lipinski definition) is 6. The van der Waals surface area contributed by atoms with Crippen LogP contribution in [0.25, 0.3) is 0 Å². The molecule has 0 radical (unpaired) electrons. The van der Waals surface area contributed by atoms with E-state index in [0.717, 1.165) is 19.4 Å². The Morgan fingerprint density at radius 1 is 1.50 bits per heavy atom. The van der Waals surface area contributed by atoms with Gasteiger partial charge in [0.1, 0.15) is 0 Å². The van der Waals surface area contributed by atoms with Crippen molar-refractivity contribution in [2.24, 2.45) is 5.84 Å². The van der Waals surface area contributed by atoms with E-state index in [1.54, 1.807) is 12.1 Å². The molecular formula is C12H21N5O2S. The van der Waals surface area contributed by atoms with Gasteiger partial charge in [-0.2, -0.15) is 0 Å². The van der Waals surface area contributed by atoms with Gasteiger partial charge in [0.25, 0.3) is 10.0 Å². The lowest BCUT2D eigenvalue weighted by molar-refractivity contribution is 0.187. The van der Waals surface area contributed by atoms with Crippen LogP contribution in [-0.2, 0) is 10.0 Å². The first-order valence-electron chi connectivity index (χ1n) is 6.66. The standard InChI is InChI=1S/C12H21N5O2S/c1-17-8-3-2-5-10(17)9-15-20(18,19)12-11(16-13)6-4-7-14-12/h4,6-7,10,15-16H,2-3,5,8-9,13H2,1H3. The zero-order valence-corrected chi connectivity index (χ0v) is 12.4. The Kier molecular flexibility index (Phi) is 4.92. The maximum Gasteiger partial charge on any atom is 0.260 e. The van der Waals surface area contributed by atoms with E-state index in [-0.39, 0.29) is 16.8 Å². The fourth-order valence-corrected chi connectivity index (χ4v) is 3.56. The first-order valence-corrected chi connectivity index (χ1v) is 8.14. The fraction of sp³-hybridized carbons (Fsp3) is 0.583. The summed E-state index contributed by atoms with van der Waals surface area (Å²) >= 11 is 0. The molecule has 1 atom stereocenters. The molecule has 8 heteroatoms. The maximum absolute atomic E-state index is 12.3. The Balaban J connectivity index is 2.07. The topological polar surface area (TPSA) is 100 Å². The zero-order valence-electron chi connectivity index (χ0n) is 11.5. The molecule has 1 aromatic heterocycles. The van der Waals surface area contributed by atoms with E-state index in [9.17, 15) is 8.42 Å². The lowest BCUT2D eigenvalue weighted by atomic mass is 10.0. The number of hydrazine groups is 1. The molecule has 2 heterocycles. The third-order valence-electron chi connectivity index (χ3n) is 3.61. The van der Waals surface area contributed by atoms with Crippen LogP contribution in [0.1, 0.15) is 19.3 Å². The number of likely N-dealkylation sites (N-methyl/N-ethyl adjacent to an activating group) is 1. The van der Waals surface area contributed by atoms with Gasteiger partial charge in [-0.1, -0.05) is 6.42 Å². The van der Waals surface area contributed by atoms with Crippen molar-refractivity contribution in [2.45, 2.75) is 30.3 Å². The normalized spacial score (nSPS) is 20.8. The van der Waals surface area contributed by atoms with Gasteiger partial charge in [0.2, 0.25) is 0 Å². The Morgan fingerprint density at radius 2 is 2.30 bits per heavy atom. The number of nitrogen functional groups attached to an aromatic ring is 1. The molecule has 0 aliphatic carbocycles. The zero-order chi connectivity index (χ0) is 14.6. The van der Waals surface area contributed by atoms with Crippen LogP contribution >= 0.6 is 0 Å². The Bertz CT molecular complexity index is 549. The highest BCUT2D eigenvalue weighted by Gasteiger charge is 2.24. The van der Waals surface area contributed by atoms with E-state index in [2.05, 4.69) is 20.0 Å². The number of nitrogens with two attached hydrogens (primary N) is 1. The van der Waals surface area contributed by atoms with Crippen LogP contribution in [0.5, 0.6) is 0 Å². The molecule has 1 aliphatic rings. The number of pyridine rings is 1. The fourth-order valence-electron chi connectivity index (χ4n) is 2.39. The van der Waals surface area contributed by atoms with Crippen molar-refractivity contribution in [3.8, 4) is 0 Å². The number of anilines is 1. The van der Waals surface area contributed by atoms with Gasteiger partial charge in [0, 0.05) is 18.8 Å². The molecule has 0 spiro atoms. The van der Waals surface area contributed by atoms with E-state index in [1.165, 1.54) is 12.6 Å². The van der Waals surface area contributed by atoms with Crippen LogP contribution < -0.4 is 16.0 Å². The third kappa shape index (κ3) is 3.45. The maximum atomic E-state index is 12.3. The second-order valence-corrected chi connectivity index (χ2v) is 6.66. The van der Waals surface area contributed by atoms with Gasteiger partial charge in [-0.05, 0) is 38.6 Å². The van der Waals surface area contributed by atoms with Gasteiger partial charge in [-0.15, -0.1) is 0 Å². The first-order chi connectivity index (χ1) is 9.54. The molecule has 1 aromatic rings. The minimum Gasteiger partial charge on any atom is -0.321 e. The molecule has 20 heavy (non-hydrogen) atoms. The van der Waals surface area contributed by atoms with Crippen LogP contribution in [0.15, 0.2) is 23.4 Å². The number of hydrogen-bond donors (Lipinski definition) is 3. The van der Waals surface area contributed by atoms with Crippen LogP contribution in [0.2, 0.25) is 0 Å². The van der Waals surface area contributed by atoms with Crippen molar-refractivity contribution >= 4 is 15.7 Å². The summed E-state index contributed by atoms with van der Waals surface area (Å²) in [6.45, 7) is 1.39. The Hall–Kier alpha value is -1.22. The highest BCUT2D eigenvalue weighted by molar-refractivity contribution is 7.89. The molecule has 7 nitrogen and oxygen atoms in total. The summed E-state index contributed by atoms with van der Waals surface area (Å²) in [5.41, 5.74) is 2.65. The molecule has 4 N–H and O–H groups in total. The lowest BCUT2D eigenvalue weighted by Gasteiger charge is -2.32. The Morgan fingerprint density at radius 3 is 3.00 bits per heavy atom. The summed E-state index contributed by atoms with van der Waals surface area (Å²) in [6, 6.07) is 3.44. The van der Waals surface area contributed by atoms with E-state index in [1.807, 2.05) is 7.05 Å². The van der Waals surface area contributed by atoms with Crippen molar-refractivity contribution in [3.63, 3.8) is 0 Å². The average Bonchev–Trinajstić information content (AvgIpc) is 2.46. The predicted octanol–water partition coefficient (Wildman–Crippen LogP) is 0.130. The van der Waals surface area contributed by atoms with Gasteiger partial charge < -0.3 is 10.3 Å². The molecule has 0 aromatic carbocycles. The average molecular weight is 299 g/mol. The van der Waals surface area contributed by atoms with Gasteiger partial charge in [-0.25, -0.2) is 18.1 Å². The van der Waals surface area contributed by atoms with E-state index < -0.39 is 10.0 Å². The summed E-state index contributed by atoms with van der Waals surface area (Å²) in [6.07, 6.45) is 4.74. The second kappa shape index (κ2) is 6.49. The minimum atomic E-state index is -3.66. The summed E-state index contributed by atoms with van der Waals surface area (Å²) in [5, 5.41) is -0.0686. The lowest BCUT2D eigenvalue weighted by Crippen LogP contribution is -2.44. The van der Waals surface area contributed by atoms with E-state index >= 15 is 0 Å². The molecular weight excluding hydrogens is 278 g/mol. The first kappa shape index (κ1) is 15.2. The van der Waals surface area contributed by atoms with Crippen LogP contribution in [-0.4, -0.2) is 44.5 Å². The number of aromatic nitrogens is 1. The second-order valence-electron chi connectivity index (χ2n) is 4.98. The monoisotopic (exact) mass is 299 g/mol. The number of piperidine rings is 1. The van der Waals surface area contributed by atoms with Crippen LogP contribution in [0.4, 0.5) is 5.69 Å². The molecule has 1 aliphatic heterocycles. The molecule has 112 valence electrons. The summed E-state index contributed by atoms with van der Waals surface area (Å²) in [5.74, 6) is 5.32. The highest BCUT2D eigenvalue weighted by Crippen LogP contribution is 2.18. The van der Waals surface area contributed by atoms with Crippen molar-refractivity contribution in [1.29, 1.82) is 0 Å². The SMILES string of the molecule is CN1CCCCC1CNS(=O)(=O)c1ncccc1NN. The highest BCUT2D eigenvalue weighted by atomic mass is 32.2. The molecule has 1 saturated heterocycles. The molecule has 0 saturated carbocycles. The van der Waals surface area contributed by atoms with Gasteiger partial charge in [0.05, 0.1) is 5.69 Å².